The lowest BCUT2D eigenvalue weighted by atomic mass is 9.86. The summed E-state index contributed by atoms with van der Waals surface area (Å²) in [5, 5.41) is 12.5. The summed E-state index contributed by atoms with van der Waals surface area (Å²) in [4.78, 5) is 42.0. The number of urea groups is 1. The van der Waals surface area contributed by atoms with Crippen LogP contribution in [0.5, 0.6) is 0 Å². The number of hydrogen-bond donors (Lipinski definition) is 2. The minimum Gasteiger partial charge on any atom is -0.480 e. The van der Waals surface area contributed by atoms with E-state index in [4.69, 9.17) is 11.6 Å². The second-order valence-corrected chi connectivity index (χ2v) is 7.53. The fourth-order valence-corrected chi connectivity index (χ4v) is 3.75. The first kappa shape index (κ1) is 22.2. The van der Waals surface area contributed by atoms with E-state index in [1.165, 1.54) is 0 Å². The maximum absolute atomic E-state index is 13.1. The zero-order chi connectivity index (χ0) is 22.4. The number of carbonyl (C=O) groups is 3. The first-order valence-corrected chi connectivity index (χ1v) is 10.1. The fourth-order valence-electron chi connectivity index (χ4n) is 3.55. The third-order valence-electron chi connectivity index (χ3n) is 4.90. The molecule has 2 aromatic rings. The van der Waals surface area contributed by atoms with Gasteiger partial charge in [-0.25, -0.2) is 9.79 Å². The number of carbonyl (C=O) groups excluding carboxylic acids is 2. The molecule has 1 heterocycles. The lowest BCUT2D eigenvalue weighted by Crippen LogP contribution is -2.51. The number of benzene rings is 2. The van der Waals surface area contributed by atoms with Crippen LogP contribution in [-0.4, -0.2) is 46.7 Å². The summed E-state index contributed by atoms with van der Waals surface area (Å²) in [7, 11) is 0. The van der Waals surface area contributed by atoms with Gasteiger partial charge in [0.1, 0.15) is 12.5 Å². The van der Waals surface area contributed by atoms with E-state index in [0.29, 0.717) is 16.3 Å². The molecule has 0 bridgehead atoms. The predicted octanol–water partition coefficient (Wildman–Crippen LogP) is 3.81. The highest BCUT2D eigenvalue weighted by atomic mass is 35.5. The molecule has 0 aliphatic carbocycles. The van der Waals surface area contributed by atoms with Gasteiger partial charge in [0, 0.05) is 17.3 Å². The van der Waals surface area contributed by atoms with Gasteiger partial charge in [-0.05, 0) is 30.2 Å². The van der Waals surface area contributed by atoms with Crippen molar-refractivity contribution >= 4 is 41.3 Å². The Morgan fingerprint density at radius 3 is 2.61 bits per heavy atom. The van der Waals surface area contributed by atoms with Crippen LogP contribution >= 0.6 is 11.6 Å². The molecule has 3 rings (SSSR count). The first-order valence-electron chi connectivity index (χ1n) is 9.69. The van der Waals surface area contributed by atoms with Crippen LogP contribution in [0.15, 0.2) is 65.7 Å². The molecule has 1 aliphatic heterocycles. The van der Waals surface area contributed by atoms with Gasteiger partial charge in [-0.15, -0.1) is 0 Å². The molecule has 1 aliphatic rings. The van der Waals surface area contributed by atoms with Crippen LogP contribution in [0, 0.1) is 5.92 Å². The van der Waals surface area contributed by atoms with Crippen LogP contribution in [0.2, 0.25) is 5.02 Å². The van der Waals surface area contributed by atoms with Gasteiger partial charge >= 0.3 is 12.0 Å². The maximum Gasteiger partial charge on any atom is 0.344 e. The summed E-state index contributed by atoms with van der Waals surface area (Å²) in [6.07, 6.45) is 3.70. The maximum atomic E-state index is 13.1. The van der Waals surface area contributed by atoms with Crippen LogP contribution < -0.4 is 5.32 Å². The fraction of sp³-hybridized carbons (Fsp3) is 0.217. The van der Waals surface area contributed by atoms with Gasteiger partial charge in [0.25, 0.3) is 0 Å². The number of amides is 3. The van der Waals surface area contributed by atoms with Crippen LogP contribution in [-0.2, 0) is 9.59 Å². The number of carboxylic acid groups (broad SMARTS) is 1. The molecule has 7 nitrogen and oxygen atoms in total. The zero-order valence-electron chi connectivity index (χ0n) is 16.9. The van der Waals surface area contributed by atoms with E-state index in [-0.39, 0.29) is 12.5 Å². The van der Waals surface area contributed by atoms with Crippen molar-refractivity contribution in [1.29, 1.82) is 0 Å². The highest BCUT2D eigenvalue weighted by Crippen LogP contribution is 2.35. The second-order valence-electron chi connectivity index (χ2n) is 7.09. The van der Waals surface area contributed by atoms with E-state index in [1.54, 1.807) is 31.2 Å². The summed E-state index contributed by atoms with van der Waals surface area (Å²) in [5.74, 6) is -2.40. The Balaban J connectivity index is 1.86. The Morgan fingerprint density at radius 1 is 1.19 bits per heavy atom. The van der Waals surface area contributed by atoms with Gasteiger partial charge < -0.3 is 15.3 Å². The van der Waals surface area contributed by atoms with Gasteiger partial charge in [0.2, 0.25) is 5.91 Å². The molecule has 3 amide bonds. The molecule has 0 fully saturated rings. The highest BCUT2D eigenvalue weighted by Gasteiger charge is 2.42. The number of nitrogens with one attached hydrogen (secondary N) is 1. The molecule has 2 atom stereocenters. The molecule has 2 N–H and O–H groups in total. The summed E-state index contributed by atoms with van der Waals surface area (Å²) in [6.45, 7) is 1.29. The van der Waals surface area contributed by atoms with Crippen molar-refractivity contribution in [2.75, 3.05) is 13.1 Å². The number of halogens is 1. The lowest BCUT2D eigenvalue weighted by Gasteiger charge is -2.38. The molecule has 0 radical (unpaired) electrons. The number of nitrogens with zero attached hydrogens (tertiary/aromatic N) is 2. The Morgan fingerprint density at radius 2 is 1.94 bits per heavy atom. The van der Waals surface area contributed by atoms with E-state index in [2.05, 4.69) is 10.3 Å². The molecule has 2 aromatic carbocycles. The minimum atomic E-state index is -1.19. The zero-order valence-corrected chi connectivity index (χ0v) is 17.6. The molecule has 0 spiro atoms. The Kier molecular flexibility index (Phi) is 7.20. The quantitative estimate of drug-likeness (QED) is 0.685. The summed E-state index contributed by atoms with van der Waals surface area (Å²) >= 11 is 6.12. The molecule has 2 unspecified atom stereocenters. The number of carboxylic acids is 1. The molecular weight excluding hydrogens is 418 g/mol. The van der Waals surface area contributed by atoms with Gasteiger partial charge in [-0.2, -0.15) is 0 Å². The SMILES string of the molecule is CC1=NC(=O)N(CC(=O)O)C(c2cccc(Cl)c2)C1C(=O)NCC=Cc1ccccc1. The topological polar surface area (TPSA) is 99.1 Å². The average Bonchev–Trinajstić information content (AvgIpc) is 2.73. The Hall–Kier alpha value is -3.45. The largest absolute Gasteiger partial charge is 0.480 e. The summed E-state index contributed by atoms with van der Waals surface area (Å²) < 4.78 is 0. The van der Waals surface area contributed by atoms with Crippen LogP contribution in [0.25, 0.3) is 6.08 Å². The predicted molar refractivity (Wildman–Crippen MR) is 119 cm³/mol. The van der Waals surface area contributed by atoms with E-state index in [1.807, 2.05) is 42.5 Å². The van der Waals surface area contributed by atoms with Crippen molar-refractivity contribution < 1.29 is 19.5 Å². The monoisotopic (exact) mass is 439 g/mol. The second kappa shape index (κ2) is 10.0. The minimum absolute atomic E-state index is 0.270. The van der Waals surface area contributed by atoms with Crippen LogP contribution in [0.4, 0.5) is 4.79 Å². The van der Waals surface area contributed by atoms with Crippen molar-refractivity contribution in [3.8, 4) is 0 Å². The van der Waals surface area contributed by atoms with Crippen molar-refractivity contribution in [2.24, 2.45) is 10.9 Å². The number of aliphatic imine (C=N–C) groups is 1. The molecule has 0 saturated carbocycles. The smallest absolute Gasteiger partial charge is 0.344 e. The number of aliphatic carboxylic acids is 1. The molecule has 0 saturated heterocycles. The standard InChI is InChI=1S/C23H22ClN3O4/c1-15-20(22(30)25-12-6-9-16-7-3-2-4-8-16)21(17-10-5-11-18(24)13-17)27(14-19(28)29)23(31)26-15/h2-11,13,20-21H,12,14H2,1H3,(H,25,30)(H,28,29). The third kappa shape index (κ3) is 5.58. The lowest BCUT2D eigenvalue weighted by molar-refractivity contribution is -0.139. The summed E-state index contributed by atoms with van der Waals surface area (Å²) in [6, 6.07) is 14.8. The van der Waals surface area contributed by atoms with Gasteiger partial charge in [0.15, 0.2) is 0 Å². The third-order valence-corrected chi connectivity index (χ3v) is 5.14. The van der Waals surface area contributed by atoms with Gasteiger partial charge in [0.05, 0.1) is 6.04 Å². The van der Waals surface area contributed by atoms with E-state index >= 15 is 0 Å². The molecule has 0 aromatic heterocycles. The van der Waals surface area contributed by atoms with Gasteiger partial charge in [-0.1, -0.05) is 66.2 Å². The molecule has 8 heteroatoms. The van der Waals surface area contributed by atoms with Crippen LogP contribution in [0.1, 0.15) is 24.1 Å². The van der Waals surface area contributed by atoms with E-state index < -0.39 is 30.5 Å². The van der Waals surface area contributed by atoms with Crippen molar-refractivity contribution in [3.63, 3.8) is 0 Å². The number of rotatable bonds is 7. The van der Waals surface area contributed by atoms with Crippen LogP contribution in [0.3, 0.4) is 0 Å². The normalized spacial score (nSPS) is 18.7. The first-order chi connectivity index (χ1) is 14.9. The number of hydrogen-bond acceptors (Lipinski definition) is 3. The van der Waals surface area contributed by atoms with E-state index in [0.717, 1.165) is 10.5 Å². The van der Waals surface area contributed by atoms with Crippen molar-refractivity contribution in [3.05, 3.63) is 76.8 Å². The summed E-state index contributed by atoms with van der Waals surface area (Å²) in [5.41, 5.74) is 1.89. The Bertz CT molecular complexity index is 1040. The Labute approximate surface area is 185 Å². The van der Waals surface area contributed by atoms with E-state index in [9.17, 15) is 19.5 Å². The van der Waals surface area contributed by atoms with Crippen molar-refractivity contribution in [1.82, 2.24) is 10.2 Å². The molecule has 31 heavy (non-hydrogen) atoms. The molecule has 160 valence electrons. The van der Waals surface area contributed by atoms with Crippen molar-refractivity contribution in [2.45, 2.75) is 13.0 Å². The molecular formula is C23H22ClN3O4. The highest BCUT2D eigenvalue weighted by molar-refractivity contribution is 6.30. The van der Waals surface area contributed by atoms with Gasteiger partial charge in [-0.3, -0.25) is 9.59 Å². The average molecular weight is 440 g/mol.